The van der Waals surface area contributed by atoms with Crippen molar-refractivity contribution in [2.75, 3.05) is 0 Å². The Labute approximate surface area is 185 Å². The predicted octanol–water partition coefficient (Wildman–Crippen LogP) is 4.64. The number of rotatable bonds is 6. The fraction of sp³-hybridized carbons (Fsp3) is 0. The molecule has 158 valence electrons. The Morgan fingerprint density at radius 1 is 0.875 bits per heavy atom. The lowest BCUT2D eigenvalue weighted by Crippen LogP contribution is -2.07. The molecule has 32 heavy (non-hydrogen) atoms. The normalized spacial score (nSPS) is 10.7. The van der Waals surface area contributed by atoms with Crippen molar-refractivity contribution in [2.24, 2.45) is 0 Å². The summed E-state index contributed by atoms with van der Waals surface area (Å²) in [6.07, 6.45) is 0. The minimum absolute atomic E-state index is 0.0360. The van der Waals surface area contributed by atoms with Gasteiger partial charge in [-0.3, -0.25) is 25.0 Å². The number of carbonyl (C=O) groups is 1. The summed E-state index contributed by atoms with van der Waals surface area (Å²) in [4.78, 5) is 35.2. The zero-order valence-corrected chi connectivity index (χ0v) is 16.8. The Morgan fingerprint density at radius 3 is 2.19 bits per heavy atom. The number of ketones is 1. The highest BCUT2D eigenvalue weighted by molar-refractivity contribution is 6.30. The number of halogens is 1. The number of hydrogen-bond donors (Lipinski definition) is 0. The average Bonchev–Trinajstić information content (AvgIpc) is 3.24. The van der Waals surface area contributed by atoms with E-state index in [0.29, 0.717) is 16.1 Å². The highest BCUT2D eigenvalue weighted by atomic mass is 35.5. The molecule has 4 rings (SSSR count). The summed E-state index contributed by atoms with van der Waals surface area (Å²) >= 11 is 5.96. The first kappa shape index (κ1) is 20.8. The van der Waals surface area contributed by atoms with Gasteiger partial charge in [-0.15, -0.1) is 15.0 Å². The van der Waals surface area contributed by atoms with Crippen LogP contribution in [0.4, 0.5) is 11.4 Å². The zero-order chi connectivity index (χ0) is 22.8. The molecule has 0 unspecified atom stereocenters. The Morgan fingerprint density at radius 2 is 1.56 bits per heavy atom. The lowest BCUT2D eigenvalue weighted by molar-refractivity contribution is -0.394. The molecule has 0 bridgehead atoms. The van der Waals surface area contributed by atoms with Crippen LogP contribution in [0.1, 0.15) is 16.1 Å². The van der Waals surface area contributed by atoms with Gasteiger partial charge in [-0.25, -0.2) is 0 Å². The van der Waals surface area contributed by atoms with Crippen LogP contribution in [0.2, 0.25) is 5.02 Å². The number of benzene rings is 3. The number of aromatic nitrogens is 3. The topological polar surface area (TPSA) is 134 Å². The molecule has 0 spiro atoms. The molecule has 0 aliphatic carbocycles. The third kappa shape index (κ3) is 3.94. The molecule has 1 aromatic heterocycles. The van der Waals surface area contributed by atoms with Gasteiger partial charge in [0, 0.05) is 22.2 Å². The average molecular weight is 450 g/mol. The fourth-order valence-electron chi connectivity index (χ4n) is 3.04. The second-order valence-electron chi connectivity index (χ2n) is 6.58. The van der Waals surface area contributed by atoms with Crippen molar-refractivity contribution in [3.63, 3.8) is 0 Å². The van der Waals surface area contributed by atoms with Crippen LogP contribution >= 0.6 is 11.6 Å². The van der Waals surface area contributed by atoms with E-state index in [1.54, 1.807) is 54.6 Å². The van der Waals surface area contributed by atoms with E-state index >= 15 is 0 Å². The van der Waals surface area contributed by atoms with Crippen LogP contribution in [-0.2, 0) is 0 Å². The molecule has 3 aromatic carbocycles. The highest BCUT2D eigenvalue weighted by Crippen LogP contribution is 2.30. The lowest BCUT2D eigenvalue weighted by atomic mass is 10.0. The third-order valence-electron chi connectivity index (χ3n) is 4.56. The smallest absolute Gasteiger partial charge is 0.287 e. The maximum Gasteiger partial charge on any atom is 0.303 e. The van der Waals surface area contributed by atoms with Crippen LogP contribution in [0.15, 0.2) is 72.8 Å². The standard InChI is InChI=1S/C21H12ClN5O5/c22-15-8-6-13(7-9-15)19-20(21(28)14-4-2-1-3-5-14)24-25(23-19)17-11-10-16(26(29)30)12-18(17)27(31)32/h1-12H. The van der Waals surface area contributed by atoms with E-state index in [4.69, 9.17) is 11.6 Å². The van der Waals surface area contributed by atoms with E-state index in [0.717, 1.165) is 16.9 Å². The molecule has 10 nitrogen and oxygen atoms in total. The summed E-state index contributed by atoms with van der Waals surface area (Å²) < 4.78 is 0. The zero-order valence-electron chi connectivity index (χ0n) is 16.1. The number of nitrogens with zero attached hydrogens (tertiary/aromatic N) is 5. The second kappa shape index (κ2) is 8.36. The van der Waals surface area contributed by atoms with Gasteiger partial charge < -0.3 is 0 Å². The Bertz CT molecular complexity index is 1350. The van der Waals surface area contributed by atoms with E-state index in [1.165, 1.54) is 6.07 Å². The van der Waals surface area contributed by atoms with Gasteiger partial charge in [0.2, 0.25) is 5.78 Å². The van der Waals surface area contributed by atoms with Gasteiger partial charge in [-0.05, 0) is 18.2 Å². The maximum absolute atomic E-state index is 13.1. The molecule has 0 fully saturated rings. The largest absolute Gasteiger partial charge is 0.303 e. The Hall–Kier alpha value is -4.44. The third-order valence-corrected chi connectivity index (χ3v) is 4.82. The van der Waals surface area contributed by atoms with Gasteiger partial charge in [0.1, 0.15) is 5.69 Å². The monoisotopic (exact) mass is 449 g/mol. The number of nitro benzene ring substituents is 2. The van der Waals surface area contributed by atoms with Crippen molar-refractivity contribution < 1.29 is 14.6 Å². The second-order valence-corrected chi connectivity index (χ2v) is 7.01. The summed E-state index contributed by atoms with van der Waals surface area (Å²) in [6.45, 7) is 0. The van der Waals surface area contributed by atoms with E-state index < -0.39 is 27.0 Å². The Kier molecular flexibility index (Phi) is 5.44. The summed E-state index contributed by atoms with van der Waals surface area (Å²) in [5.74, 6) is -0.439. The minimum atomic E-state index is -0.771. The number of carbonyl (C=O) groups excluding carboxylic acids is 1. The van der Waals surface area contributed by atoms with Gasteiger partial charge in [-0.2, -0.15) is 0 Å². The molecule has 0 N–H and O–H groups in total. The molecule has 0 saturated heterocycles. The molecule has 0 atom stereocenters. The van der Waals surface area contributed by atoms with Crippen LogP contribution in [-0.4, -0.2) is 30.6 Å². The molecule has 0 aliphatic heterocycles. The summed E-state index contributed by atoms with van der Waals surface area (Å²) in [6, 6.07) is 18.0. The van der Waals surface area contributed by atoms with Gasteiger partial charge in [0.25, 0.3) is 5.69 Å². The van der Waals surface area contributed by atoms with Crippen LogP contribution in [0.5, 0.6) is 0 Å². The molecule has 4 aromatic rings. The van der Waals surface area contributed by atoms with Gasteiger partial charge in [-0.1, -0.05) is 54.1 Å². The lowest BCUT2D eigenvalue weighted by Gasteiger charge is -2.01. The van der Waals surface area contributed by atoms with Crippen LogP contribution in [0, 0.1) is 20.2 Å². The SMILES string of the molecule is O=C(c1ccccc1)c1nn(-c2ccc([N+](=O)[O-])cc2[N+](=O)[O-])nc1-c1ccc(Cl)cc1. The van der Waals surface area contributed by atoms with E-state index in [9.17, 15) is 25.0 Å². The number of nitro groups is 2. The molecular weight excluding hydrogens is 438 g/mol. The number of non-ortho nitro benzene ring substituents is 1. The van der Waals surface area contributed by atoms with Crippen LogP contribution in [0.3, 0.4) is 0 Å². The minimum Gasteiger partial charge on any atom is -0.287 e. The summed E-state index contributed by atoms with van der Waals surface area (Å²) in [7, 11) is 0. The first-order valence-electron chi connectivity index (χ1n) is 9.11. The first-order valence-corrected chi connectivity index (χ1v) is 9.49. The van der Waals surface area contributed by atoms with Crippen LogP contribution < -0.4 is 0 Å². The summed E-state index contributed by atoms with van der Waals surface area (Å²) in [5, 5.41) is 31.6. The van der Waals surface area contributed by atoms with Crippen molar-refractivity contribution in [1.29, 1.82) is 0 Å². The van der Waals surface area contributed by atoms with Crippen molar-refractivity contribution >= 4 is 28.8 Å². The molecule has 11 heteroatoms. The molecule has 1 heterocycles. The quantitative estimate of drug-likeness (QED) is 0.238. The Balaban J connectivity index is 1.92. The maximum atomic E-state index is 13.1. The molecule has 0 amide bonds. The predicted molar refractivity (Wildman–Crippen MR) is 115 cm³/mol. The number of hydrogen-bond acceptors (Lipinski definition) is 7. The van der Waals surface area contributed by atoms with E-state index in [1.807, 2.05) is 0 Å². The molecule has 0 aliphatic rings. The van der Waals surface area contributed by atoms with Gasteiger partial charge in [0.15, 0.2) is 11.4 Å². The molecule has 0 radical (unpaired) electrons. The summed E-state index contributed by atoms with van der Waals surface area (Å²) in [5.41, 5.74) is -0.128. The molecule has 0 saturated carbocycles. The van der Waals surface area contributed by atoms with E-state index in [-0.39, 0.29) is 17.1 Å². The van der Waals surface area contributed by atoms with Gasteiger partial charge in [0.05, 0.1) is 15.9 Å². The van der Waals surface area contributed by atoms with Gasteiger partial charge >= 0.3 is 5.69 Å². The highest BCUT2D eigenvalue weighted by Gasteiger charge is 2.26. The van der Waals surface area contributed by atoms with Crippen molar-refractivity contribution in [3.8, 4) is 16.9 Å². The molecular formula is C21H12ClN5O5. The van der Waals surface area contributed by atoms with E-state index in [2.05, 4.69) is 10.2 Å². The van der Waals surface area contributed by atoms with Crippen molar-refractivity contribution in [1.82, 2.24) is 15.0 Å². The van der Waals surface area contributed by atoms with Crippen molar-refractivity contribution in [2.45, 2.75) is 0 Å². The van der Waals surface area contributed by atoms with Crippen LogP contribution in [0.25, 0.3) is 16.9 Å². The fourth-order valence-corrected chi connectivity index (χ4v) is 3.16. The first-order chi connectivity index (χ1) is 15.3. The van der Waals surface area contributed by atoms with Crippen molar-refractivity contribution in [3.05, 3.63) is 109 Å².